The van der Waals surface area contributed by atoms with E-state index in [1.807, 2.05) is 6.07 Å². The fourth-order valence-electron chi connectivity index (χ4n) is 2.36. The number of carbonyl (C=O) groups excluding carboxylic acids is 2. The molecule has 4 N–H and O–H groups in total. The summed E-state index contributed by atoms with van der Waals surface area (Å²) >= 11 is 5.91. The summed E-state index contributed by atoms with van der Waals surface area (Å²) in [5.74, 6) is -0.709. The third kappa shape index (κ3) is 6.92. The molecule has 0 saturated carbocycles. The van der Waals surface area contributed by atoms with Crippen LogP contribution in [-0.4, -0.2) is 32.7 Å². The van der Waals surface area contributed by atoms with Crippen LogP contribution in [0.4, 0.5) is 10.5 Å². The van der Waals surface area contributed by atoms with Crippen molar-refractivity contribution in [1.29, 1.82) is 0 Å². The minimum atomic E-state index is -3.24. The zero-order valence-electron chi connectivity index (χ0n) is 14.4. The normalized spacial score (nSPS) is 11.0. The van der Waals surface area contributed by atoms with Gasteiger partial charge in [-0.05, 0) is 30.2 Å². The number of sulfone groups is 1. The second-order valence-electron chi connectivity index (χ2n) is 5.87. The Labute approximate surface area is 162 Å². The summed E-state index contributed by atoms with van der Waals surface area (Å²) in [6.45, 7) is 0.201. The van der Waals surface area contributed by atoms with Crippen molar-refractivity contribution in [1.82, 2.24) is 5.32 Å². The van der Waals surface area contributed by atoms with Crippen LogP contribution < -0.4 is 16.4 Å². The van der Waals surface area contributed by atoms with E-state index in [4.69, 9.17) is 17.3 Å². The van der Waals surface area contributed by atoms with Gasteiger partial charge in [-0.15, -0.1) is 0 Å². The number of hydrogen-bond donors (Lipinski definition) is 3. The molecule has 0 bridgehead atoms. The van der Waals surface area contributed by atoms with Crippen LogP contribution in [0.15, 0.2) is 48.5 Å². The molecule has 3 amide bonds. The van der Waals surface area contributed by atoms with Gasteiger partial charge in [0.2, 0.25) is 5.91 Å². The second-order valence-corrected chi connectivity index (χ2v) is 8.46. The van der Waals surface area contributed by atoms with Crippen LogP contribution in [0.2, 0.25) is 5.02 Å². The van der Waals surface area contributed by atoms with Gasteiger partial charge < -0.3 is 16.4 Å². The van der Waals surface area contributed by atoms with Gasteiger partial charge in [0.1, 0.15) is 0 Å². The van der Waals surface area contributed by atoms with Gasteiger partial charge in [0, 0.05) is 12.2 Å². The molecule has 0 saturated heterocycles. The van der Waals surface area contributed by atoms with E-state index in [1.54, 1.807) is 24.3 Å². The molecule has 9 heteroatoms. The van der Waals surface area contributed by atoms with E-state index in [1.165, 1.54) is 18.2 Å². The summed E-state index contributed by atoms with van der Waals surface area (Å²) in [5, 5.41) is 5.26. The van der Waals surface area contributed by atoms with Gasteiger partial charge in [-0.1, -0.05) is 41.9 Å². The number of anilines is 1. The number of nitrogens with one attached hydrogen (secondary N) is 2. The summed E-state index contributed by atoms with van der Waals surface area (Å²) in [4.78, 5) is 23.0. The maximum Gasteiger partial charge on any atom is 0.319 e. The van der Waals surface area contributed by atoms with Gasteiger partial charge in [-0.3, -0.25) is 4.79 Å². The number of hydrogen-bond acceptors (Lipinski definition) is 4. The fraction of sp³-hybridized carbons (Fsp3) is 0.222. The van der Waals surface area contributed by atoms with Crippen molar-refractivity contribution in [3.8, 4) is 0 Å². The van der Waals surface area contributed by atoms with Gasteiger partial charge in [0.15, 0.2) is 9.84 Å². The molecule has 0 atom stereocenters. The Balaban J connectivity index is 1.76. The first-order valence-corrected chi connectivity index (χ1v) is 10.4. The molecule has 2 aromatic carbocycles. The largest absolute Gasteiger partial charge is 0.366 e. The van der Waals surface area contributed by atoms with E-state index in [0.717, 1.165) is 5.56 Å². The molecule has 2 aromatic rings. The second kappa shape index (κ2) is 9.38. The summed E-state index contributed by atoms with van der Waals surface area (Å²) in [6.07, 6.45) is 0.296. The highest BCUT2D eigenvalue weighted by Crippen LogP contribution is 2.20. The highest BCUT2D eigenvalue weighted by atomic mass is 35.5. The van der Waals surface area contributed by atoms with Crippen LogP contribution in [0.5, 0.6) is 0 Å². The average molecular weight is 410 g/mol. The van der Waals surface area contributed by atoms with Crippen molar-refractivity contribution in [2.75, 3.05) is 17.6 Å². The zero-order chi connectivity index (χ0) is 19.9. The molecule has 0 unspecified atom stereocenters. The number of amides is 3. The lowest BCUT2D eigenvalue weighted by molar-refractivity contribution is 0.100. The molecule has 0 aliphatic carbocycles. The predicted octanol–water partition coefficient (Wildman–Crippen LogP) is 2.57. The highest BCUT2D eigenvalue weighted by Gasteiger charge is 2.12. The van der Waals surface area contributed by atoms with E-state index in [2.05, 4.69) is 10.6 Å². The maximum atomic E-state index is 12.1. The Kier molecular flexibility index (Phi) is 7.20. The van der Waals surface area contributed by atoms with Gasteiger partial charge in [-0.2, -0.15) is 0 Å². The van der Waals surface area contributed by atoms with E-state index in [-0.39, 0.29) is 28.6 Å². The Hall–Kier alpha value is -2.58. The van der Waals surface area contributed by atoms with Gasteiger partial charge >= 0.3 is 6.03 Å². The lowest BCUT2D eigenvalue weighted by atomic mass is 10.2. The number of benzene rings is 2. The van der Waals surface area contributed by atoms with Crippen molar-refractivity contribution in [2.45, 2.75) is 12.2 Å². The molecule has 144 valence electrons. The van der Waals surface area contributed by atoms with Gasteiger partial charge in [-0.25, -0.2) is 13.2 Å². The Morgan fingerprint density at radius 1 is 1.07 bits per heavy atom. The lowest BCUT2D eigenvalue weighted by Crippen LogP contribution is -2.30. The molecular formula is C18H20ClN3O4S. The maximum absolute atomic E-state index is 12.1. The molecular weight excluding hydrogens is 390 g/mol. The van der Waals surface area contributed by atoms with E-state index < -0.39 is 21.8 Å². The minimum Gasteiger partial charge on any atom is -0.366 e. The first-order valence-electron chi connectivity index (χ1n) is 8.15. The number of urea groups is 1. The summed E-state index contributed by atoms with van der Waals surface area (Å²) in [5.41, 5.74) is 6.44. The molecule has 0 radical (unpaired) electrons. The zero-order valence-corrected chi connectivity index (χ0v) is 16.0. The van der Waals surface area contributed by atoms with E-state index >= 15 is 0 Å². The molecule has 0 fully saturated rings. The van der Waals surface area contributed by atoms with Gasteiger partial charge in [0.05, 0.1) is 22.1 Å². The van der Waals surface area contributed by atoms with Crippen LogP contribution in [0.1, 0.15) is 22.3 Å². The molecule has 0 spiro atoms. The van der Waals surface area contributed by atoms with Crippen LogP contribution in [-0.2, 0) is 15.6 Å². The van der Waals surface area contributed by atoms with Crippen LogP contribution >= 0.6 is 11.6 Å². The summed E-state index contributed by atoms with van der Waals surface area (Å²) in [6, 6.07) is 12.7. The minimum absolute atomic E-state index is 0.0231. The van der Waals surface area contributed by atoms with E-state index in [0.29, 0.717) is 12.1 Å². The van der Waals surface area contributed by atoms with Crippen LogP contribution in [0.25, 0.3) is 0 Å². The third-order valence-electron chi connectivity index (χ3n) is 3.64. The molecule has 2 rings (SSSR count). The van der Waals surface area contributed by atoms with Crippen molar-refractivity contribution in [3.05, 3.63) is 64.7 Å². The van der Waals surface area contributed by atoms with Crippen molar-refractivity contribution < 1.29 is 18.0 Å². The first kappa shape index (κ1) is 20.7. The SMILES string of the molecule is NC(=O)c1ccc(NC(=O)NCCCS(=O)(=O)Cc2ccccc2)cc1Cl. The standard InChI is InChI=1S/C18H20ClN3O4S/c19-16-11-14(7-8-15(16)17(20)23)22-18(24)21-9-4-10-27(25,26)12-13-5-2-1-3-6-13/h1-3,5-8,11H,4,9-10,12H2,(H2,20,23)(H2,21,22,24). The monoisotopic (exact) mass is 409 g/mol. The summed E-state index contributed by atoms with van der Waals surface area (Å²) < 4.78 is 24.2. The topological polar surface area (TPSA) is 118 Å². The molecule has 0 aliphatic heterocycles. The number of carbonyl (C=O) groups is 2. The Morgan fingerprint density at radius 2 is 1.78 bits per heavy atom. The molecule has 27 heavy (non-hydrogen) atoms. The Morgan fingerprint density at radius 3 is 2.41 bits per heavy atom. The molecule has 0 aliphatic rings. The van der Waals surface area contributed by atoms with Crippen LogP contribution in [0.3, 0.4) is 0 Å². The quantitative estimate of drug-likeness (QED) is 0.580. The Bertz CT molecular complexity index is 917. The number of halogens is 1. The smallest absolute Gasteiger partial charge is 0.319 e. The van der Waals surface area contributed by atoms with Gasteiger partial charge in [0.25, 0.3) is 0 Å². The van der Waals surface area contributed by atoms with Crippen molar-refractivity contribution in [2.24, 2.45) is 5.73 Å². The lowest BCUT2D eigenvalue weighted by Gasteiger charge is -2.09. The van der Waals surface area contributed by atoms with Crippen molar-refractivity contribution >= 4 is 39.1 Å². The predicted molar refractivity (Wildman–Crippen MR) is 106 cm³/mol. The number of rotatable bonds is 8. The number of primary amides is 1. The highest BCUT2D eigenvalue weighted by molar-refractivity contribution is 7.90. The number of nitrogens with two attached hydrogens (primary N) is 1. The first-order chi connectivity index (χ1) is 12.8. The molecule has 7 nitrogen and oxygen atoms in total. The van der Waals surface area contributed by atoms with E-state index in [9.17, 15) is 18.0 Å². The molecule has 0 aromatic heterocycles. The summed E-state index contributed by atoms with van der Waals surface area (Å²) in [7, 11) is -3.24. The average Bonchev–Trinajstić information content (AvgIpc) is 2.59. The fourth-order valence-corrected chi connectivity index (χ4v) is 4.06. The third-order valence-corrected chi connectivity index (χ3v) is 5.64. The van der Waals surface area contributed by atoms with Crippen LogP contribution in [0, 0.1) is 0 Å². The van der Waals surface area contributed by atoms with Crippen molar-refractivity contribution in [3.63, 3.8) is 0 Å². The molecule has 0 heterocycles.